The smallest absolute Gasteiger partial charge is 0.171 e. The molecule has 0 fully saturated rings. The summed E-state index contributed by atoms with van der Waals surface area (Å²) in [6.45, 7) is 0. The van der Waals surface area contributed by atoms with E-state index in [2.05, 4.69) is 9.97 Å². The zero-order chi connectivity index (χ0) is 35.4. The number of nitrogens with zero attached hydrogens (tertiary/aromatic N) is 3. The van der Waals surface area contributed by atoms with Crippen molar-refractivity contribution >= 4 is 46.1 Å². The summed E-state index contributed by atoms with van der Waals surface area (Å²) in [7, 11) is -6.92. The largest absolute Gasteiger partial charge is 0.309 e. The zero-order valence-corrected chi connectivity index (χ0v) is 29.9. The first kappa shape index (κ1) is 33.2. The molecule has 0 atom stereocenters. The lowest BCUT2D eigenvalue weighted by Crippen LogP contribution is -2.30. The molecule has 0 amide bonds. The monoisotopic (exact) mass is 709 g/mol. The molecule has 3 aromatic heterocycles. The predicted molar refractivity (Wildman–Crippen MR) is 215 cm³/mol. The highest BCUT2D eigenvalue weighted by atomic mass is 31.2. The molecule has 0 aliphatic heterocycles. The van der Waals surface area contributed by atoms with Crippen molar-refractivity contribution in [1.29, 1.82) is 0 Å². The number of pyridine rings is 3. The van der Waals surface area contributed by atoms with Gasteiger partial charge in [-0.3, -0.25) is 9.97 Å². The molecule has 8 aromatic rings. The minimum absolute atomic E-state index is 0.631. The van der Waals surface area contributed by atoms with E-state index in [-0.39, 0.29) is 0 Å². The van der Waals surface area contributed by atoms with E-state index in [9.17, 15) is 0 Å². The molecular formula is C45H33N3O2P2. The molecule has 0 unspecified atom stereocenters. The number of benzene rings is 5. The molecule has 5 nitrogen and oxygen atoms in total. The maximum Gasteiger partial charge on any atom is 0.171 e. The summed E-state index contributed by atoms with van der Waals surface area (Å²) < 4.78 is 31.9. The normalized spacial score (nSPS) is 11.6. The fourth-order valence-corrected chi connectivity index (χ4v) is 12.2. The van der Waals surface area contributed by atoms with Crippen LogP contribution in [0.1, 0.15) is 0 Å². The molecule has 0 aliphatic rings. The van der Waals surface area contributed by atoms with Crippen LogP contribution in [0.4, 0.5) is 0 Å². The van der Waals surface area contributed by atoms with E-state index in [1.54, 1.807) is 12.4 Å². The minimum atomic E-state index is -3.51. The summed E-state index contributed by atoms with van der Waals surface area (Å²) in [5.41, 5.74) is 4.10. The van der Waals surface area contributed by atoms with Crippen LogP contribution in [0.2, 0.25) is 0 Å². The van der Waals surface area contributed by atoms with Crippen LogP contribution in [0, 0.1) is 0 Å². The molecule has 0 bridgehead atoms. The first-order valence-corrected chi connectivity index (χ1v) is 20.4. The highest BCUT2D eigenvalue weighted by Crippen LogP contribution is 2.48. The Morgan fingerprint density at radius 1 is 0.346 bits per heavy atom. The van der Waals surface area contributed by atoms with Gasteiger partial charge in [0.25, 0.3) is 0 Å². The molecule has 8 rings (SSSR count). The van der Waals surface area contributed by atoms with Gasteiger partial charge in [-0.1, -0.05) is 140 Å². The molecule has 0 spiro atoms. The van der Waals surface area contributed by atoms with E-state index in [0.717, 1.165) is 5.56 Å². The molecule has 7 heteroatoms. The molecule has 0 radical (unpaired) electrons. The van der Waals surface area contributed by atoms with Crippen molar-refractivity contribution in [3.05, 3.63) is 200 Å². The van der Waals surface area contributed by atoms with Crippen LogP contribution in [0.3, 0.4) is 0 Å². The van der Waals surface area contributed by atoms with Gasteiger partial charge in [0.15, 0.2) is 14.3 Å². The summed E-state index contributed by atoms with van der Waals surface area (Å²) in [6.07, 6.45) is 3.48. The fraction of sp³-hybridized carbons (Fsp3) is 0. The van der Waals surface area contributed by atoms with E-state index in [4.69, 9.17) is 4.98 Å². The summed E-state index contributed by atoms with van der Waals surface area (Å²) in [4.78, 5) is 14.3. The van der Waals surface area contributed by atoms with E-state index in [0.29, 0.717) is 60.2 Å². The Hall–Kier alpha value is -5.99. The van der Waals surface area contributed by atoms with Crippen molar-refractivity contribution in [2.75, 3.05) is 0 Å². The molecule has 0 N–H and O–H groups in total. The predicted octanol–water partition coefficient (Wildman–Crippen LogP) is 8.15. The van der Waals surface area contributed by atoms with Gasteiger partial charge in [0, 0.05) is 44.2 Å². The molecule has 3 heterocycles. The summed E-state index contributed by atoms with van der Waals surface area (Å²) in [5, 5.41) is 4.10. The molecule has 0 saturated carbocycles. The van der Waals surface area contributed by atoms with Gasteiger partial charge in [0.1, 0.15) is 0 Å². The Morgan fingerprint density at radius 3 is 1.15 bits per heavy atom. The van der Waals surface area contributed by atoms with Crippen LogP contribution in [0.15, 0.2) is 200 Å². The number of hydrogen-bond donors (Lipinski definition) is 0. The van der Waals surface area contributed by atoms with Crippen molar-refractivity contribution in [3.8, 4) is 33.9 Å². The SMILES string of the molecule is O=P(c1ccccc1)(c1ccccc1)c1ccc(P(=O)(c2ccccc2)c2ccccc2)c(-c2cc(-c3ccccn3)nc(-c3ccccn3)c2)c1. The van der Waals surface area contributed by atoms with Gasteiger partial charge in [-0.25, -0.2) is 4.98 Å². The lowest BCUT2D eigenvalue weighted by Gasteiger charge is -2.26. The summed E-state index contributed by atoms with van der Waals surface area (Å²) >= 11 is 0. The molecule has 0 aliphatic carbocycles. The molecule has 0 saturated heterocycles. The van der Waals surface area contributed by atoms with Crippen molar-refractivity contribution in [2.45, 2.75) is 0 Å². The van der Waals surface area contributed by atoms with Crippen molar-refractivity contribution < 1.29 is 9.13 Å². The van der Waals surface area contributed by atoms with E-state index >= 15 is 9.13 Å². The first-order valence-electron chi connectivity index (χ1n) is 17.0. The van der Waals surface area contributed by atoms with Crippen LogP contribution in [-0.2, 0) is 9.13 Å². The number of rotatable bonds is 9. The Balaban J connectivity index is 1.48. The third-order valence-electron chi connectivity index (χ3n) is 9.15. The summed E-state index contributed by atoms with van der Waals surface area (Å²) in [6, 6.07) is 59.7. The number of hydrogen-bond acceptors (Lipinski definition) is 5. The van der Waals surface area contributed by atoms with E-state index < -0.39 is 14.3 Å². The highest BCUT2D eigenvalue weighted by molar-refractivity contribution is 7.86. The second kappa shape index (κ2) is 14.3. The molecule has 52 heavy (non-hydrogen) atoms. The van der Waals surface area contributed by atoms with Gasteiger partial charge >= 0.3 is 0 Å². The Labute approximate surface area is 303 Å². The summed E-state index contributed by atoms with van der Waals surface area (Å²) in [5.74, 6) is 0. The van der Waals surface area contributed by atoms with Crippen LogP contribution >= 0.6 is 14.3 Å². The average molecular weight is 710 g/mol. The molecule has 250 valence electrons. The molecular weight excluding hydrogens is 676 g/mol. The van der Waals surface area contributed by atoms with Crippen LogP contribution in [0.5, 0.6) is 0 Å². The van der Waals surface area contributed by atoms with Crippen molar-refractivity contribution in [3.63, 3.8) is 0 Å². The Morgan fingerprint density at radius 2 is 0.750 bits per heavy atom. The van der Waals surface area contributed by atoms with E-state index in [1.807, 2.05) is 188 Å². The van der Waals surface area contributed by atoms with Gasteiger partial charge in [0.2, 0.25) is 0 Å². The van der Waals surface area contributed by atoms with Crippen LogP contribution in [0.25, 0.3) is 33.9 Å². The highest BCUT2D eigenvalue weighted by Gasteiger charge is 2.36. The van der Waals surface area contributed by atoms with Gasteiger partial charge in [-0.2, -0.15) is 0 Å². The fourth-order valence-electron chi connectivity index (χ4n) is 6.63. The van der Waals surface area contributed by atoms with Gasteiger partial charge in [-0.05, 0) is 59.7 Å². The maximum atomic E-state index is 16.1. The van der Waals surface area contributed by atoms with Gasteiger partial charge in [0.05, 0.1) is 22.8 Å². The molecule has 5 aromatic carbocycles. The second-order valence-electron chi connectivity index (χ2n) is 12.3. The quantitative estimate of drug-likeness (QED) is 0.142. The Bertz CT molecular complexity index is 2410. The zero-order valence-electron chi connectivity index (χ0n) is 28.1. The second-order valence-corrected chi connectivity index (χ2v) is 17.8. The van der Waals surface area contributed by atoms with Crippen LogP contribution < -0.4 is 31.8 Å². The first-order chi connectivity index (χ1) is 25.5. The number of aromatic nitrogens is 3. The lowest BCUT2D eigenvalue weighted by molar-refractivity contribution is 0.591. The average Bonchev–Trinajstić information content (AvgIpc) is 3.24. The van der Waals surface area contributed by atoms with Gasteiger partial charge < -0.3 is 9.13 Å². The van der Waals surface area contributed by atoms with Gasteiger partial charge in [-0.15, -0.1) is 0 Å². The van der Waals surface area contributed by atoms with Crippen molar-refractivity contribution in [1.82, 2.24) is 15.0 Å². The lowest BCUT2D eigenvalue weighted by atomic mass is 10.0. The third-order valence-corrected chi connectivity index (χ3v) is 15.3. The Kier molecular flexibility index (Phi) is 9.14. The topological polar surface area (TPSA) is 72.8 Å². The van der Waals surface area contributed by atoms with Crippen molar-refractivity contribution in [2.24, 2.45) is 0 Å². The standard InChI is InChI=1S/C45H33N3O2P2/c49-51(35-17-5-1-6-18-35,36-19-7-2-8-20-36)39-27-28-45(52(50,37-21-9-3-10-22-37)38-23-11-4-12-24-38)40(33-39)34-31-43(41-25-13-15-29-46-41)48-44(32-34)42-26-14-16-30-47-42/h1-33H. The maximum absolute atomic E-state index is 16.1. The van der Waals surface area contributed by atoms with Crippen LogP contribution in [-0.4, -0.2) is 15.0 Å². The van der Waals surface area contributed by atoms with E-state index in [1.165, 1.54) is 0 Å². The minimum Gasteiger partial charge on any atom is -0.309 e. The third kappa shape index (κ3) is 6.15.